The number of hydrogen-bond acceptors (Lipinski definition) is 2. The van der Waals surface area contributed by atoms with Crippen LogP contribution in [-0.4, -0.2) is 5.16 Å². The van der Waals surface area contributed by atoms with Crippen molar-refractivity contribution in [1.29, 1.82) is 0 Å². The van der Waals surface area contributed by atoms with Crippen molar-refractivity contribution in [1.82, 2.24) is 5.16 Å². The molecule has 2 nitrogen and oxygen atoms in total. The molecule has 0 aliphatic carbocycles. The summed E-state index contributed by atoms with van der Waals surface area (Å²) in [6.45, 7) is 0. The number of halogens is 2. The van der Waals surface area contributed by atoms with Gasteiger partial charge in [0.2, 0.25) is 0 Å². The van der Waals surface area contributed by atoms with Gasteiger partial charge in [-0.25, -0.2) is 0 Å². The molecule has 0 radical (unpaired) electrons. The van der Waals surface area contributed by atoms with E-state index in [-0.39, 0.29) is 0 Å². The van der Waals surface area contributed by atoms with E-state index in [1.165, 1.54) is 0 Å². The number of rotatable bonds is 0. The lowest BCUT2D eigenvalue weighted by molar-refractivity contribution is 0.457. The zero-order valence-corrected chi connectivity index (χ0v) is 8.26. The minimum atomic E-state index is 0.429. The zero-order chi connectivity index (χ0) is 7.84. The lowest BCUT2D eigenvalue weighted by Gasteiger charge is -1.87. The van der Waals surface area contributed by atoms with E-state index < -0.39 is 0 Å². The van der Waals surface area contributed by atoms with Crippen molar-refractivity contribution in [3.8, 4) is 0 Å². The molecule has 0 saturated heterocycles. The molecule has 1 heterocycles. The number of fused-ring (bicyclic) bond motifs is 1. The summed E-state index contributed by atoms with van der Waals surface area (Å²) in [7, 11) is 0. The van der Waals surface area contributed by atoms with E-state index in [0.29, 0.717) is 5.15 Å². The number of aromatic nitrogens is 1. The molecule has 11 heavy (non-hydrogen) atoms. The minimum absolute atomic E-state index is 0.429. The molecule has 1 aromatic heterocycles. The predicted molar refractivity (Wildman–Crippen MR) is 51.7 cm³/mol. The summed E-state index contributed by atoms with van der Waals surface area (Å²) in [5, 5.41) is 4.93. The Morgan fingerprint density at radius 1 is 1.45 bits per heavy atom. The Bertz CT molecular complexity index is 398. The van der Waals surface area contributed by atoms with Gasteiger partial charge in [-0.15, -0.1) is 0 Å². The van der Waals surface area contributed by atoms with Gasteiger partial charge < -0.3 is 4.52 Å². The third kappa shape index (κ3) is 1.22. The van der Waals surface area contributed by atoms with Gasteiger partial charge in [-0.3, -0.25) is 0 Å². The first-order chi connectivity index (χ1) is 5.27. The molecule has 2 aromatic rings. The molecule has 4 heteroatoms. The predicted octanol–water partition coefficient (Wildman–Crippen LogP) is 3.09. The Labute approximate surface area is 81.6 Å². The molecule has 2 rings (SSSR count). The van der Waals surface area contributed by atoms with Crippen LogP contribution in [0.15, 0.2) is 22.7 Å². The van der Waals surface area contributed by atoms with E-state index in [2.05, 4.69) is 27.7 Å². The molecular weight excluding hydrogens is 276 g/mol. The Morgan fingerprint density at radius 3 is 3.09 bits per heavy atom. The summed E-state index contributed by atoms with van der Waals surface area (Å²) in [4.78, 5) is 0. The monoisotopic (exact) mass is 279 g/mol. The van der Waals surface area contributed by atoms with Gasteiger partial charge in [-0.2, -0.15) is 0 Å². The summed E-state index contributed by atoms with van der Waals surface area (Å²) >= 11 is 7.95. The van der Waals surface area contributed by atoms with E-state index in [1.807, 2.05) is 18.2 Å². The molecule has 0 unspecified atom stereocenters. The minimum Gasteiger partial charge on any atom is -0.355 e. The van der Waals surface area contributed by atoms with E-state index in [0.717, 1.165) is 14.5 Å². The van der Waals surface area contributed by atoms with E-state index in [4.69, 9.17) is 16.1 Å². The van der Waals surface area contributed by atoms with Crippen LogP contribution in [0.25, 0.3) is 11.0 Å². The van der Waals surface area contributed by atoms with Gasteiger partial charge in [0.1, 0.15) is 0 Å². The van der Waals surface area contributed by atoms with Crippen molar-refractivity contribution in [2.24, 2.45) is 0 Å². The number of benzene rings is 1. The van der Waals surface area contributed by atoms with Gasteiger partial charge in [0.15, 0.2) is 10.7 Å². The highest BCUT2D eigenvalue weighted by Crippen LogP contribution is 2.23. The second-order valence-electron chi connectivity index (χ2n) is 2.11. The SMILES string of the molecule is Clc1noc2ccc(I)cc12. The Hall–Kier alpha value is -0.290. The van der Waals surface area contributed by atoms with Crippen molar-refractivity contribution in [3.63, 3.8) is 0 Å². The fraction of sp³-hybridized carbons (Fsp3) is 0. The summed E-state index contributed by atoms with van der Waals surface area (Å²) in [5.41, 5.74) is 0.732. The van der Waals surface area contributed by atoms with Crippen LogP contribution in [0.5, 0.6) is 0 Å². The molecule has 0 saturated carbocycles. The second-order valence-corrected chi connectivity index (χ2v) is 3.72. The highest BCUT2D eigenvalue weighted by molar-refractivity contribution is 14.1. The molecule has 1 aromatic carbocycles. The fourth-order valence-corrected chi connectivity index (χ4v) is 1.55. The number of nitrogens with zero attached hydrogens (tertiary/aromatic N) is 1. The molecular formula is C7H3ClINO. The lowest BCUT2D eigenvalue weighted by atomic mass is 10.3. The van der Waals surface area contributed by atoms with Crippen LogP contribution in [0.4, 0.5) is 0 Å². The van der Waals surface area contributed by atoms with Gasteiger partial charge in [0.25, 0.3) is 0 Å². The summed E-state index contributed by atoms with van der Waals surface area (Å²) < 4.78 is 6.04. The number of hydrogen-bond donors (Lipinski definition) is 0. The first-order valence-electron chi connectivity index (χ1n) is 2.98. The quantitative estimate of drug-likeness (QED) is 0.693. The van der Waals surface area contributed by atoms with Gasteiger partial charge in [0.05, 0.1) is 5.39 Å². The van der Waals surface area contributed by atoms with Crippen LogP contribution in [0.3, 0.4) is 0 Å². The molecule has 0 aliphatic rings. The third-order valence-electron chi connectivity index (χ3n) is 1.39. The van der Waals surface area contributed by atoms with Crippen LogP contribution in [0, 0.1) is 3.57 Å². The Morgan fingerprint density at radius 2 is 2.27 bits per heavy atom. The average Bonchev–Trinajstić information content (AvgIpc) is 2.33. The van der Waals surface area contributed by atoms with E-state index in [1.54, 1.807) is 0 Å². The van der Waals surface area contributed by atoms with Gasteiger partial charge in [-0.05, 0) is 40.8 Å². The van der Waals surface area contributed by atoms with Crippen molar-refractivity contribution in [3.05, 3.63) is 26.9 Å². The van der Waals surface area contributed by atoms with E-state index >= 15 is 0 Å². The van der Waals surface area contributed by atoms with Crippen molar-refractivity contribution in [2.75, 3.05) is 0 Å². The van der Waals surface area contributed by atoms with Crippen LogP contribution >= 0.6 is 34.2 Å². The van der Waals surface area contributed by atoms with Gasteiger partial charge in [-0.1, -0.05) is 16.8 Å². The topological polar surface area (TPSA) is 26.0 Å². The second kappa shape index (κ2) is 2.64. The molecule has 0 amide bonds. The van der Waals surface area contributed by atoms with Crippen LogP contribution in [0.1, 0.15) is 0 Å². The Kier molecular flexibility index (Phi) is 1.77. The summed E-state index contributed by atoms with van der Waals surface area (Å²) in [5.74, 6) is 0. The van der Waals surface area contributed by atoms with Crippen LogP contribution < -0.4 is 0 Å². The third-order valence-corrected chi connectivity index (χ3v) is 2.33. The maximum atomic E-state index is 5.74. The van der Waals surface area contributed by atoms with Crippen molar-refractivity contribution < 1.29 is 4.52 Å². The maximum absolute atomic E-state index is 5.74. The van der Waals surface area contributed by atoms with Gasteiger partial charge in [0, 0.05) is 3.57 Å². The van der Waals surface area contributed by atoms with E-state index in [9.17, 15) is 0 Å². The molecule has 0 bridgehead atoms. The Balaban J connectivity index is 2.87. The highest BCUT2D eigenvalue weighted by atomic mass is 127. The summed E-state index contributed by atoms with van der Waals surface area (Å²) in [6.07, 6.45) is 0. The smallest absolute Gasteiger partial charge is 0.180 e. The summed E-state index contributed by atoms with van der Waals surface area (Å²) in [6, 6.07) is 5.75. The lowest BCUT2D eigenvalue weighted by Crippen LogP contribution is -1.68. The molecule has 0 atom stereocenters. The molecule has 0 N–H and O–H groups in total. The molecule has 56 valence electrons. The standard InChI is InChI=1S/C7H3ClINO/c8-7-5-3-4(9)1-2-6(5)11-10-7/h1-3H. The fourth-order valence-electron chi connectivity index (χ4n) is 0.881. The van der Waals surface area contributed by atoms with Gasteiger partial charge >= 0.3 is 0 Å². The average molecular weight is 279 g/mol. The van der Waals surface area contributed by atoms with Crippen molar-refractivity contribution in [2.45, 2.75) is 0 Å². The van der Waals surface area contributed by atoms with Crippen molar-refractivity contribution >= 4 is 45.2 Å². The highest BCUT2D eigenvalue weighted by Gasteiger charge is 2.04. The molecule has 0 aliphatic heterocycles. The zero-order valence-electron chi connectivity index (χ0n) is 5.34. The first kappa shape index (κ1) is 7.36. The largest absolute Gasteiger partial charge is 0.355 e. The maximum Gasteiger partial charge on any atom is 0.180 e. The molecule has 0 fully saturated rings. The van der Waals surface area contributed by atoms with Crippen LogP contribution in [-0.2, 0) is 0 Å². The normalized spacial score (nSPS) is 10.7. The first-order valence-corrected chi connectivity index (χ1v) is 4.43. The molecule has 0 spiro atoms. The van der Waals surface area contributed by atoms with Crippen LogP contribution in [0.2, 0.25) is 5.15 Å².